The Kier molecular flexibility index (Phi) is 6.20. The van der Waals surface area contributed by atoms with Crippen LogP contribution in [0, 0.1) is 0 Å². The minimum Gasteiger partial charge on any atom is -0.361 e. The largest absolute Gasteiger partial charge is 0.361 e. The number of carbonyl (C=O) groups excluding carboxylic acids is 2. The average molecular weight is 408 g/mol. The van der Waals surface area contributed by atoms with Crippen molar-refractivity contribution in [2.75, 3.05) is 7.05 Å². The van der Waals surface area contributed by atoms with Gasteiger partial charge in [0.15, 0.2) is 0 Å². The molecule has 1 saturated heterocycles. The molecule has 10 heteroatoms. The van der Waals surface area contributed by atoms with Gasteiger partial charge in [0.1, 0.15) is 11.8 Å². The van der Waals surface area contributed by atoms with Crippen LogP contribution in [0.15, 0.2) is 30.5 Å². The third-order valence-electron chi connectivity index (χ3n) is 5.06. The van der Waals surface area contributed by atoms with E-state index in [0.29, 0.717) is 25.7 Å². The Morgan fingerprint density at radius 1 is 1.29 bits per heavy atom. The van der Waals surface area contributed by atoms with Crippen molar-refractivity contribution in [3.8, 4) is 0 Å². The Labute approximate surface area is 162 Å². The maximum atomic E-state index is 12.7. The number of para-hydroxylation sites is 1. The number of likely N-dealkylation sites (N-methyl/N-ethyl adjacent to an activating group) is 1. The highest BCUT2D eigenvalue weighted by Gasteiger charge is 2.37. The number of hydrogen-bond acceptors (Lipinski definition) is 4. The lowest BCUT2D eigenvalue weighted by Gasteiger charge is -2.31. The van der Waals surface area contributed by atoms with Gasteiger partial charge in [0.25, 0.3) is 0 Å². The number of nitrogens with one attached hydrogen (secondary N) is 4. The molecule has 6 N–H and O–H groups in total. The van der Waals surface area contributed by atoms with E-state index in [1.54, 1.807) is 0 Å². The number of rotatable bonds is 6. The van der Waals surface area contributed by atoms with Gasteiger partial charge in [0.05, 0.1) is 6.04 Å². The van der Waals surface area contributed by atoms with Crippen LogP contribution in [0.2, 0.25) is 0 Å². The normalized spacial score (nSPS) is 21.2. The zero-order valence-corrected chi connectivity index (χ0v) is 16.4. The number of benzene rings is 1. The number of piperidine rings is 1. The molecule has 2 aromatic rings. The molecule has 2 heterocycles. The van der Waals surface area contributed by atoms with Gasteiger partial charge >= 0.3 is 7.60 Å². The van der Waals surface area contributed by atoms with Gasteiger partial charge in [-0.3, -0.25) is 19.5 Å². The summed E-state index contributed by atoms with van der Waals surface area (Å²) in [5.74, 6) is -1.81. The van der Waals surface area contributed by atoms with Crippen LogP contribution in [0.3, 0.4) is 0 Å². The highest BCUT2D eigenvalue weighted by molar-refractivity contribution is 7.52. The maximum Gasteiger partial charge on any atom is 0.342 e. The van der Waals surface area contributed by atoms with Crippen molar-refractivity contribution in [2.24, 2.45) is 0 Å². The Morgan fingerprint density at radius 3 is 2.75 bits per heavy atom. The smallest absolute Gasteiger partial charge is 0.342 e. The quantitative estimate of drug-likeness (QED) is 0.386. The number of amides is 2. The van der Waals surface area contributed by atoms with Crippen LogP contribution >= 0.6 is 7.60 Å². The second-order valence-corrected chi connectivity index (χ2v) is 8.80. The number of aromatic nitrogens is 1. The Bertz CT molecular complexity index is 908. The highest BCUT2D eigenvalue weighted by atomic mass is 31.2. The minimum absolute atomic E-state index is 0.296. The molecule has 0 saturated carbocycles. The predicted molar refractivity (Wildman–Crippen MR) is 105 cm³/mol. The van der Waals surface area contributed by atoms with E-state index in [0.717, 1.165) is 16.5 Å². The van der Waals surface area contributed by atoms with Crippen LogP contribution in [-0.4, -0.2) is 51.5 Å². The van der Waals surface area contributed by atoms with Gasteiger partial charge in [-0.2, -0.15) is 0 Å². The van der Waals surface area contributed by atoms with Crippen molar-refractivity contribution in [3.05, 3.63) is 36.0 Å². The Hall–Kier alpha value is -2.19. The summed E-state index contributed by atoms with van der Waals surface area (Å²) in [6.07, 6.45) is 3.39. The van der Waals surface area contributed by atoms with Crippen LogP contribution < -0.4 is 16.0 Å². The Morgan fingerprint density at radius 2 is 2.04 bits per heavy atom. The van der Waals surface area contributed by atoms with Crippen LogP contribution in [0.5, 0.6) is 0 Å². The first-order valence-electron chi connectivity index (χ1n) is 9.18. The molecule has 28 heavy (non-hydrogen) atoms. The van der Waals surface area contributed by atoms with Gasteiger partial charge in [0.2, 0.25) is 11.8 Å². The van der Waals surface area contributed by atoms with Crippen LogP contribution in [-0.2, 0) is 20.6 Å². The number of fused-ring (bicyclic) bond motifs is 1. The fourth-order valence-electron chi connectivity index (χ4n) is 3.56. The minimum atomic E-state index is -4.33. The van der Waals surface area contributed by atoms with E-state index >= 15 is 0 Å². The maximum absolute atomic E-state index is 12.7. The van der Waals surface area contributed by atoms with Gasteiger partial charge in [-0.05, 0) is 30.9 Å². The molecule has 0 unspecified atom stereocenters. The van der Waals surface area contributed by atoms with E-state index in [1.165, 1.54) is 7.05 Å². The number of carbonyl (C=O) groups is 2. The molecular weight excluding hydrogens is 383 g/mol. The summed E-state index contributed by atoms with van der Waals surface area (Å²) in [4.78, 5) is 46.9. The van der Waals surface area contributed by atoms with E-state index in [1.807, 2.05) is 30.5 Å². The standard InChI is InChI=1S/C18H25N4O5P/c1-19-17(23)15(9-11-10-20-13-6-3-2-5-12(11)13)22-18(24)14-7-4-8-16(21-14)28(25,26)27/h2-3,5-6,10,14-16,20-21H,4,7-9H2,1H3,(H,19,23)(H,22,24)(H2,25,26,27)/t14-,15+,16-/m1/s1. The zero-order chi connectivity index (χ0) is 20.3. The molecular formula is C18H25N4O5P. The van der Waals surface area contributed by atoms with Crippen molar-refractivity contribution in [1.29, 1.82) is 0 Å². The molecule has 3 atom stereocenters. The summed E-state index contributed by atoms with van der Waals surface area (Å²) in [5, 5.41) is 9.00. The molecule has 1 fully saturated rings. The third kappa shape index (κ3) is 4.62. The van der Waals surface area contributed by atoms with Gasteiger partial charge < -0.3 is 25.4 Å². The van der Waals surface area contributed by atoms with Gasteiger partial charge in [-0.15, -0.1) is 0 Å². The molecule has 1 aromatic heterocycles. The SMILES string of the molecule is CNC(=O)[C@H](Cc1c[nH]c2ccccc12)NC(=O)[C@H]1CCC[C@@H](P(=O)(O)O)N1. The molecule has 0 aliphatic carbocycles. The van der Waals surface area contributed by atoms with E-state index in [-0.39, 0.29) is 5.91 Å². The van der Waals surface area contributed by atoms with Crippen molar-refractivity contribution >= 4 is 30.3 Å². The van der Waals surface area contributed by atoms with E-state index in [2.05, 4.69) is 20.9 Å². The van der Waals surface area contributed by atoms with Gasteiger partial charge in [-0.1, -0.05) is 18.2 Å². The predicted octanol–water partition coefficient (Wildman–Crippen LogP) is 0.587. The second-order valence-electron chi connectivity index (χ2n) is 6.99. The second kappa shape index (κ2) is 8.45. The number of aromatic amines is 1. The zero-order valence-electron chi connectivity index (χ0n) is 15.5. The molecule has 3 rings (SSSR count). The fourth-order valence-corrected chi connectivity index (χ4v) is 4.46. The number of hydrogen-bond donors (Lipinski definition) is 6. The topological polar surface area (TPSA) is 144 Å². The third-order valence-corrected chi connectivity index (χ3v) is 6.28. The summed E-state index contributed by atoms with van der Waals surface area (Å²) >= 11 is 0. The summed E-state index contributed by atoms with van der Waals surface area (Å²) < 4.78 is 11.5. The van der Waals surface area contributed by atoms with E-state index in [9.17, 15) is 23.9 Å². The first-order valence-corrected chi connectivity index (χ1v) is 10.9. The molecule has 1 aliphatic rings. The molecule has 0 radical (unpaired) electrons. The highest BCUT2D eigenvalue weighted by Crippen LogP contribution is 2.43. The lowest BCUT2D eigenvalue weighted by molar-refractivity contribution is -0.130. The molecule has 9 nitrogen and oxygen atoms in total. The average Bonchev–Trinajstić information content (AvgIpc) is 3.09. The van der Waals surface area contributed by atoms with Crippen molar-refractivity contribution in [3.63, 3.8) is 0 Å². The lowest BCUT2D eigenvalue weighted by Crippen LogP contribution is -2.56. The summed E-state index contributed by atoms with van der Waals surface area (Å²) in [6, 6.07) is 6.14. The van der Waals surface area contributed by atoms with Crippen molar-refractivity contribution < 1.29 is 23.9 Å². The lowest BCUT2D eigenvalue weighted by atomic mass is 10.0. The number of H-pyrrole nitrogens is 1. The first-order chi connectivity index (χ1) is 13.3. The molecule has 1 aromatic carbocycles. The molecule has 0 spiro atoms. The van der Waals surface area contributed by atoms with Gasteiger partial charge in [-0.25, -0.2) is 0 Å². The van der Waals surface area contributed by atoms with Crippen LogP contribution in [0.1, 0.15) is 24.8 Å². The molecule has 2 amide bonds. The molecule has 0 bridgehead atoms. The van der Waals surface area contributed by atoms with E-state index in [4.69, 9.17) is 0 Å². The van der Waals surface area contributed by atoms with Crippen molar-refractivity contribution in [1.82, 2.24) is 20.9 Å². The van der Waals surface area contributed by atoms with Crippen molar-refractivity contribution in [2.45, 2.75) is 43.5 Å². The summed E-state index contributed by atoms with van der Waals surface area (Å²) in [6.45, 7) is 0. The van der Waals surface area contributed by atoms with Crippen LogP contribution in [0.4, 0.5) is 0 Å². The van der Waals surface area contributed by atoms with Crippen LogP contribution in [0.25, 0.3) is 10.9 Å². The summed E-state index contributed by atoms with van der Waals surface area (Å²) in [7, 11) is -2.83. The molecule has 152 valence electrons. The Balaban J connectivity index is 1.73. The monoisotopic (exact) mass is 408 g/mol. The summed E-state index contributed by atoms with van der Waals surface area (Å²) in [5.41, 5.74) is 1.84. The van der Waals surface area contributed by atoms with E-state index < -0.39 is 31.4 Å². The fraction of sp³-hybridized carbons (Fsp3) is 0.444. The van der Waals surface area contributed by atoms with Gasteiger partial charge in [0, 0.05) is 30.6 Å². The first kappa shape index (κ1) is 20.5. The molecule has 1 aliphatic heterocycles.